The molecule has 2 aliphatic heterocycles. The standard InChI is InChI=1S/C16H24N4O3S/c1-12-11-24-16(23)19(12)7-4-14(21)18-6-2-3-13(10-18)20-8-5-17-9-15(20)22/h11,13,17H,2-10H2,1H3. The van der Waals surface area contributed by atoms with Gasteiger partial charge in [0.05, 0.1) is 6.54 Å². The summed E-state index contributed by atoms with van der Waals surface area (Å²) in [6.45, 7) is 5.60. The smallest absolute Gasteiger partial charge is 0.307 e. The monoisotopic (exact) mass is 352 g/mol. The van der Waals surface area contributed by atoms with Gasteiger partial charge in [-0.2, -0.15) is 0 Å². The van der Waals surface area contributed by atoms with Gasteiger partial charge in [0.25, 0.3) is 0 Å². The predicted molar refractivity (Wildman–Crippen MR) is 92.1 cm³/mol. The summed E-state index contributed by atoms with van der Waals surface area (Å²) in [5.41, 5.74) is 0.903. The largest absolute Gasteiger partial charge is 0.341 e. The number of piperidine rings is 1. The Hall–Kier alpha value is -1.67. The van der Waals surface area contributed by atoms with Crippen LogP contribution in [0.1, 0.15) is 25.0 Å². The number of thiazole rings is 1. The number of nitrogens with one attached hydrogen (secondary N) is 1. The highest BCUT2D eigenvalue weighted by molar-refractivity contribution is 7.07. The van der Waals surface area contributed by atoms with E-state index in [9.17, 15) is 14.4 Å². The van der Waals surface area contributed by atoms with Crippen LogP contribution in [-0.2, 0) is 16.1 Å². The molecule has 132 valence electrons. The average molecular weight is 352 g/mol. The lowest BCUT2D eigenvalue weighted by atomic mass is 10.0. The first-order valence-electron chi connectivity index (χ1n) is 8.49. The highest BCUT2D eigenvalue weighted by atomic mass is 32.1. The lowest BCUT2D eigenvalue weighted by molar-refractivity contribution is -0.140. The van der Waals surface area contributed by atoms with Crippen LogP contribution >= 0.6 is 11.3 Å². The molecule has 0 aromatic carbocycles. The molecule has 2 aliphatic rings. The number of amides is 2. The van der Waals surface area contributed by atoms with E-state index in [0.717, 1.165) is 38.2 Å². The zero-order valence-electron chi connectivity index (χ0n) is 14.0. The second kappa shape index (κ2) is 7.48. The third-order valence-corrected chi connectivity index (χ3v) is 5.72. The van der Waals surface area contributed by atoms with Crippen LogP contribution in [0.4, 0.5) is 0 Å². The Morgan fingerprint density at radius 3 is 2.92 bits per heavy atom. The number of rotatable bonds is 4. The molecule has 3 heterocycles. The van der Waals surface area contributed by atoms with Gasteiger partial charge < -0.3 is 19.7 Å². The van der Waals surface area contributed by atoms with Crippen LogP contribution in [-0.4, -0.2) is 64.9 Å². The van der Waals surface area contributed by atoms with Gasteiger partial charge in [-0.15, -0.1) is 0 Å². The minimum atomic E-state index is -0.0109. The number of likely N-dealkylation sites (tertiary alicyclic amines) is 1. The van der Waals surface area contributed by atoms with E-state index in [4.69, 9.17) is 0 Å². The Balaban J connectivity index is 1.57. The van der Waals surface area contributed by atoms with E-state index >= 15 is 0 Å². The molecule has 24 heavy (non-hydrogen) atoms. The van der Waals surface area contributed by atoms with Crippen molar-refractivity contribution in [3.8, 4) is 0 Å². The van der Waals surface area contributed by atoms with Crippen molar-refractivity contribution in [3.05, 3.63) is 20.7 Å². The second-order valence-electron chi connectivity index (χ2n) is 6.44. The Labute approximate surface area is 145 Å². The molecule has 1 aromatic heterocycles. The molecule has 7 nitrogen and oxygen atoms in total. The number of nitrogens with zero attached hydrogens (tertiary/aromatic N) is 3. The number of carbonyl (C=O) groups is 2. The molecule has 0 spiro atoms. The molecule has 2 saturated heterocycles. The van der Waals surface area contributed by atoms with Gasteiger partial charge in [-0.1, -0.05) is 11.3 Å². The highest BCUT2D eigenvalue weighted by Gasteiger charge is 2.31. The fourth-order valence-corrected chi connectivity index (χ4v) is 4.24. The Kier molecular flexibility index (Phi) is 5.35. The van der Waals surface area contributed by atoms with Crippen molar-refractivity contribution in [2.45, 2.75) is 38.8 Å². The molecule has 0 bridgehead atoms. The van der Waals surface area contributed by atoms with E-state index in [2.05, 4.69) is 5.32 Å². The SMILES string of the molecule is Cc1csc(=O)n1CCC(=O)N1CCCC(N2CCNCC2=O)C1. The first kappa shape index (κ1) is 17.2. The molecular weight excluding hydrogens is 328 g/mol. The summed E-state index contributed by atoms with van der Waals surface area (Å²) in [6.07, 6.45) is 2.21. The minimum absolute atomic E-state index is 0.0109. The van der Waals surface area contributed by atoms with Crippen molar-refractivity contribution in [2.24, 2.45) is 0 Å². The quantitative estimate of drug-likeness (QED) is 0.830. The Morgan fingerprint density at radius 1 is 1.38 bits per heavy atom. The normalized spacial score (nSPS) is 22.0. The summed E-state index contributed by atoms with van der Waals surface area (Å²) < 4.78 is 1.66. The molecule has 3 rings (SSSR count). The van der Waals surface area contributed by atoms with Gasteiger partial charge in [-0.05, 0) is 19.8 Å². The topological polar surface area (TPSA) is 74.7 Å². The van der Waals surface area contributed by atoms with E-state index in [1.54, 1.807) is 4.57 Å². The Morgan fingerprint density at radius 2 is 2.21 bits per heavy atom. The van der Waals surface area contributed by atoms with Crippen molar-refractivity contribution in [3.63, 3.8) is 0 Å². The average Bonchev–Trinajstić information content (AvgIpc) is 2.91. The summed E-state index contributed by atoms with van der Waals surface area (Å²) in [4.78, 5) is 40.1. The molecule has 1 N–H and O–H groups in total. The van der Waals surface area contributed by atoms with Crippen molar-refractivity contribution < 1.29 is 9.59 Å². The lowest BCUT2D eigenvalue weighted by Crippen LogP contribution is -2.57. The molecule has 0 aliphatic carbocycles. The first-order valence-corrected chi connectivity index (χ1v) is 9.37. The van der Waals surface area contributed by atoms with Crippen LogP contribution in [0.25, 0.3) is 0 Å². The van der Waals surface area contributed by atoms with Crippen molar-refractivity contribution in [1.29, 1.82) is 0 Å². The fourth-order valence-electron chi connectivity index (χ4n) is 3.48. The zero-order valence-corrected chi connectivity index (χ0v) is 14.8. The molecule has 0 radical (unpaired) electrons. The van der Waals surface area contributed by atoms with Gasteiger partial charge in [-0.25, -0.2) is 0 Å². The van der Waals surface area contributed by atoms with Crippen molar-refractivity contribution in [2.75, 3.05) is 32.7 Å². The Bertz CT molecular complexity index is 669. The number of carbonyl (C=O) groups excluding carboxylic acids is 2. The van der Waals surface area contributed by atoms with Crippen LogP contribution in [0.3, 0.4) is 0 Å². The van der Waals surface area contributed by atoms with E-state index in [1.165, 1.54) is 11.3 Å². The predicted octanol–water partition coefficient (Wildman–Crippen LogP) is 0.0311. The van der Waals surface area contributed by atoms with Crippen LogP contribution in [0.15, 0.2) is 10.2 Å². The maximum absolute atomic E-state index is 12.5. The summed E-state index contributed by atoms with van der Waals surface area (Å²) in [5.74, 6) is 0.195. The summed E-state index contributed by atoms with van der Waals surface area (Å²) >= 11 is 1.17. The number of hydrogen-bond acceptors (Lipinski definition) is 5. The summed E-state index contributed by atoms with van der Waals surface area (Å²) in [6, 6.07) is 0.128. The van der Waals surface area contributed by atoms with Crippen molar-refractivity contribution >= 4 is 23.2 Å². The number of aromatic nitrogens is 1. The molecule has 1 aromatic rings. The van der Waals surface area contributed by atoms with Crippen LogP contribution in [0.2, 0.25) is 0 Å². The van der Waals surface area contributed by atoms with Gasteiger partial charge in [0.15, 0.2) is 0 Å². The zero-order chi connectivity index (χ0) is 17.1. The van der Waals surface area contributed by atoms with E-state index in [1.807, 2.05) is 22.1 Å². The van der Waals surface area contributed by atoms with Crippen molar-refractivity contribution in [1.82, 2.24) is 19.7 Å². The molecule has 8 heteroatoms. The van der Waals surface area contributed by atoms with Gasteiger partial charge in [-0.3, -0.25) is 14.4 Å². The van der Waals surface area contributed by atoms with Gasteiger partial charge in [0.1, 0.15) is 0 Å². The second-order valence-corrected chi connectivity index (χ2v) is 7.26. The maximum Gasteiger partial charge on any atom is 0.307 e. The van der Waals surface area contributed by atoms with Gasteiger partial charge in [0, 0.05) is 56.3 Å². The summed E-state index contributed by atoms with van der Waals surface area (Å²) in [7, 11) is 0. The van der Waals surface area contributed by atoms with E-state index in [0.29, 0.717) is 26.1 Å². The summed E-state index contributed by atoms with van der Waals surface area (Å²) in [5, 5.41) is 4.90. The number of hydrogen-bond donors (Lipinski definition) is 1. The minimum Gasteiger partial charge on any atom is -0.341 e. The highest BCUT2D eigenvalue weighted by Crippen LogP contribution is 2.18. The van der Waals surface area contributed by atoms with E-state index in [-0.39, 0.29) is 22.7 Å². The fraction of sp³-hybridized carbons (Fsp3) is 0.688. The first-order chi connectivity index (χ1) is 11.6. The molecule has 1 atom stereocenters. The third kappa shape index (κ3) is 3.70. The number of aryl methyl sites for hydroxylation is 1. The molecule has 1 unspecified atom stereocenters. The van der Waals surface area contributed by atoms with Gasteiger partial charge in [0.2, 0.25) is 11.8 Å². The molecular formula is C16H24N4O3S. The number of piperazine rings is 1. The van der Waals surface area contributed by atoms with E-state index < -0.39 is 0 Å². The van der Waals surface area contributed by atoms with Gasteiger partial charge >= 0.3 is 4.87 Å². The molecule has 2 amide bonds. The van der Waals surface area contributed by atoms with Crippen LogP contribution in [0.5, 0.6) is 0 Å². The van der Waals surface area contributed by atoms with Crippen LogP contribution in [0, 0.1) is 6.92 Å². The lowest BCUT2D eigenvalue weighted by Gasteiger charge is -2.41. The third-order valence-electron chi connectivity index (χ3n) is 4.84. The molecule has 0 saturated carbocycles. The molecule has 2 fully saturated rings. The van der Waals surface area contributed by atoms with Crippen LogP contribution < -0.4 is 10.2 Å². The maximum atomic E-state index is 12.5.